The van der Waals surface area contributed by atoms with E-state index in [0.29, 0.717) is 5.56 Å². The van der Waals surface area contributed by atoms with Gasteiger partial charge in [0, 0.05) is 5.56 Å². The van der Waals surface area contributed by atoms with Gasteiger partial charge >= 0.3 is 18.1 Å². The van der Waals surface area contributed by atoms with Gasteiger partial charge < -0.3 is 14.8 Å². The lowest BCUT2D eigenvalue weighted by Crippen LogP contribution is -2.30. The maximum atomic E-state index is 12.5. The fourth-order valence-electron chi connectivity index (χ4n) is 2.43. The van der Waals surface area contributed by atoms with Crippen LogP contribution in [0.3, 0.4) is 0 Å². The third-order valence-corrected chi connectivity index (χ3v) is 3.80. The highest BCUT2D eigenvalue weighted by Crippen LogP contribution is 2.34. The molecule has 0 saturated carbocycles. The summed E-state index contributed by atoms with van der Waals surface area (Å²) in [4.78, 5) is 33.3. The Morgan fingerprint density at radius 3 is 2.45 bits per heavy atom. The van der Waals surface area contributed by atoms with E-state index in [-0.39, 0.29) is 23.5 Å². The number of nitro benzene ring substituents is 1. The normalized spacial score (nSPS) is 10.9. The Bertz CT molecular complexity index is 959. The average molecular weight is 412 g/mol. The van der Waals surface area contributed by atoms with Gasteiger partial charge in [-0.05, 0) is 24.6 Å². The molecule has 0 spiro atoms. The molecule has 2 rings (SSSR count). The largest absolute Gasteiger partial charge is 0.489 e. The lowest BCUT2D eigenvalue weighted by atomic mass is 10.1. The molecule has 0 heterocycles. The Hall–Kier alpha value is -3.63. The molecule has 0 aromatic heterocycles. The Morgan fingerprint density at radius 1 is 1.21 bits per heavy atom. The first kappa shape index (κ1) is 21.7. The zero-order valence-electron chi connectivity index (χ0n) is 15.2. The number of benzene rings is 2. The number of amides is 1. The van der Waals surface area contributed by atoms with E-state index in [1.165, 1.54) is 31.5 Å². The van der Waals surface area contributed by atoms with Crippen molar-refractivity contribution in [2.45, 2.75) is 19.7 Å². The molecule has 0 bridgehead atoms. The molecule has 0 aliphatic rings. The number of rotatable bonds is 6. The maximum absolute atomic E-state index is 12.5. The van der Waals surface area contributed by atoms with Gasteiger partial charge in [0.05, 0.1) is 23.7 Å². The van der Waals surface area contributed by atoms with Crippen molar-refractivity contribution < 1.29 is 37.2 Å². The zero-order valence-corrected chi connectivity index (χ0v) is 15.2. The second-order valence-electron chi connectivity index (χ2n) is 5.78. The zero-order chi connectivity index (χ0) is 21.8. The van der Waals surface area contributed by atoms with Crippen molar-refractivity contribution in [1.82, 2.24) is 0 Å². The van der Waals surface area contributed by atoms with Gasteiger partial charge in [-0.3, -0.25) is 14.9 Å². The minimum Gasteiger partial charge on any atom is -0.489 e. The first-order chi connectivity index (χ1) is 13.5. The molecule has 1 N–H and O–H groups in total. The van der Waals surface area contributed by atoms with E-state index in [1.807, 2.05) is 0 Å². The Balaban J connectivity index is 2.31. The Morgan fingerprint density at radius 2 is 1.86 bits per heavy atom. The number of carbonyl (C=O) groups is 2. The minimum absolute atomic E-state index is 0.00643. The molecule has 11 heteroatoms. The summed E-state index contributed by atoms with van der Waals surface area (Å²) in [5.74, 6) is -2.96. The highest BCUT2D eigenvalue weighted by atomic mass is 19.4. The lowest BCUT2D eigenvalue weighted by Gasteiger charge is -2.14. The topological polar surface area (TPSA) is 108 Å². The summed E-state index contributed by atoms with van der Waals surface area (Å²) in [7, 11) is 1.21. The van der Waals surface area contributed by atoms with Gasteiger partial charge in [0.2, 0.25) is 0 Å². The smallest absolute Gasteiger partial charge is 0.471 e. The van der Waals surface area contributed by atoms with E-state index in [2.05, 4.69) is 4.74 Å². The molecule has 2 aromatic carbocycles. The predicted molar refractivity (Wildman–Crippen MR) is 94.6 cm³/mol. The van der Waals surface area contributed by atoms with E-state index in [0.717, 1.165) is 6.07 Å². The number of hydrogen-bond donors (Lipinski definition) is 1. The number of ether oxygens (including phenoxy) is 2. The van der Waals surface area contributed by atoms with Crippen LogP contribution in [0.5, 0.6) is 5.75 Å². The van der Waals surface area contributed by atoms with Crippen molar-refractivity contribution in [2.24, 2.45) is 0 Å². The van der Waals surface area contributed by atoms with Gasteiger partial charge in [0.15, 0.2) is 0 Å². The molecule has 2 aromatic rings. The molecule has 0 atom stereocenters. The van der Waals surface area contributed by atoms with Crippen molar-refractivity contribution >= 4 is 23.3 Å². The highest BCUT2D eigenvalue weighted by molar-refractivity contribution is 5.97. The van der Waals surface area contributed by atoms with E-state index in [4.69, 9.17) is 4.74 Å². The number of methoxy groups -OCH3 is 1. The quantitative estimate of drug-likeness (QED) is 0.440. The molecule has 0 aliphatic carbocycles. The predicted octanol–water partition coefficient (Wildman–Crippen LogP) is 3.77. The van der Waals surface area contributed by atoms with Crippen LogP contribution in [0.25, 0.3) is 0 Å². The van der Waals surface area contributed by atoms with Gasteiger partial charge in [-0.1, -0.05) is 18.2 Å². The third-order valence-electron chi connectivity index (χ3n) is 3.80. The molecule has 0 unspecified atom stereocenters. The van der Waals surface area contributed by atoms with Gasteiger partial charge in [-0.25, -0.2) is 4.79 Å². The van der Waals surface area contributed by atoms with Crippen molar-refractivity contribution in [3.05, 3.63) is 63.2 Å². The summed E-state index contributed by atoms with van der Waals surface area (Å²) in [5.41, 5.74) is -0.684. The molecule has 0 fully saturated rings. The summed E-state index contributed by atoms with van der Waals surface area (Å²) in [5, 5.41) is 12.8. The number of anilines is 1. The van der Waals surface area contributed by atoms with Crippen molar-refractivity contribution in [2.75, 3.05) is 12.4 Å². The van der Waals surface area contributed by atoms with Gasteiger partial charge in [0.25, 0.3) is 5.69 Å². The number of halogens is 3. The van der Waals surface area contributed by atoms with Crippen molar-refractivity contribution in [3.63, 3.8) is 0 Å². The number of nitrogens with one attached hydrogen (secondary N) is 1. The number of alkyl halides is 3. The van der Waals surface area contributed by atoms with Crippen molar-refractivity contribution in [1.29, 1.82) is 0 Å². The first-order valence-electron chi connectivity index (χ1n) is 8.00. The number of esters is 1. The van der Waals surface area contributed by atoms with E-state index in [1.54, 1.807) is 18.2 Å². The van der Waals surface area contributed by atoms with Crippen molar-refractivity contribution in [3.8, 4) is 5.75 Å². The number of nitro groups is 1. The van der Waals surface area contributed by atoms with Crippen LogP contribution in [0.15, 0.2) is 36.4 Å². The van der Waals surface area contributed by atoms with Gasteiger partial charge in [0.1, 0.15) is 18.0 Å². The summed E-state index contributed by atoms with van der Waals surface area (Å²) in [6, 6.07) is 8.48. The lowest BCUT2D eigenvalue weighted by molar-refractivity contribution is -0.384. The Kier molecular flexibility index (Phi) is 6.42. The summed E-state index contributed by atoms with van der Waals surface area (Å²) in [6.07, 6.45) is -5.20. The second-order valence-corrected chi connectivity index (χ2v) is 5.78. The van der Waals surface area contributed by atoms with Gasteiger partial charge in [-0.15, -0.1) is 0 Å². The second kappa shape index (κ2) is 8.59. The van der Waals surface area contributed by atoms with Crippen LogP contribution in [0.1, 0.15) is 21.5 Å². The molecule has 154 valence electrons. The monoisotopic (exact) mass is 412 g/mol. The number of carbonyl (C=O) groups excluding carboxylic acids is 2. The number of hydrogen-bond acceptors (Lipinski definition) is 6. The fourth-order valence-corrected chi connectivity index (χ4v) is 2.43. The standard InChI is InChI=1S/C18H15F3N2O6/c1-10-7-12(29-9-11-5-3-4-6-13(11)16(24)28-2)8-14(23(26)27)15(10)22-17(25)18(19,20)21/h3-8H,9H2,1-2H3,(H,22,25). The number of aryl methyl sites for hydroxylation is 1. The van der Waals surface area contributed by atoms with Crippen LogP contribution in [0.2, 0.25) is 0 Å². The molecule has 0 aliphatic heterocycles. The van der Waals surface area contributed by atoms with Crippen LogP contribution in [-0.2, 0) is 16.1 Å². The minimum atomic E-state index is -5.20. The SMILES string of the molecule is COC(=O)c1ccccc1COc1cc(C)c(NC(=O)C(F)(F)F)c([N+](=O)[O-])c1. The molecule has 29 heavy (non-hydrogen) atoms. The van der Waals surface area contributed by atoms with Crippen LogP contribution in [0, 0.1) is 17.0 Å². The summed E-state index contributed by atoms with van der Waals surface area (Å²) >= 11 is 0. The molecule has 0 radical (unpaired) electrons. The van der Waals surface area contributed by atoms with Crippen LogP contribution < -0.4 is 10.1 Å². The van der Waals surface area contributed by atoms with Crippen LogP contribution in [-0.4, -0.2) is 30.1 Å². The summed E-state index contributed by atoms with van der Waals surface area (Å²) < 4.78 is 47.6. The maximum Gasteiger partial charge on any atom is 0.471 e. The van der Waals surface area contributed by atoms with E-state index >= 15 is 0 Å². The first-order valence-corrected chi connectivity index (χ1v) is 8.00. The highest BCUT2D eigenvalue weighted by Gasteiger charge is 2.40. The molecular weight excluding hydrogens is 397 g/mol. The van der Waals surface area contributed by atoms with Gasteiger partial charge in [-0.2, -0.15) is 13.2 Å². The number of nitrogens with zero attached hydrogens (tertiary/aromatic N) is 1. The van der Waals surface area contributed by atoms with E-state index < -0.39 is 34.4 Å². The molecule has 0 saturated heterocycles. The average Bonchev–Trinajstić information content (AvgIpc) is 2.66. The molecule has 1 amide bonds. The van der Waals surface area contributed by atoms with Crippen LogP contribution >= 0.6 is 0 Å². The fraction of sp³-hybridized carbons (Fsp3) is 0.222. The molecule has 8 nitrogen and oxygen atoms in total. The summed E-state index contributed by atoms with van der Waals surface area (Å²) in [6.45, 7) is 1.13. The Labute approximate surface area is 162 Å². The molecular formula is C18H15F3N2O6. The third kappa shape index (κ3) is 5.21. The van der Waals surface area contributed by atoms with E-state index in [9.17, 15) is 32.9 Å². The van der Waals surface area contributed by atoms with Crippen LogP contribution in [0.4, 0.5) is 24.5 Å².